The molecule has 0 fully saturated rings. The summed E-state index contributed by atoms with van der Waals surface area (Å²) in [5.74, 6) is -1.98. The Morgan fingerprint density at radius 2 is 0.789 bits per heavy atom. The summed E-state index contributed by atoms with van der Waals surface area (Å²) in [5, 5.41) is 9.65. The lowest BCUT2D eigenvalue weighted by Gasteiger charge is -2.25. The highest BCUT2D eigenvalue weighted by atomic mass is 16.7. The van der Waals surface area contributed by atoms with Crippen molar-refractivity contribution in [1.29, 1.82) is 0 Å². The summed E-state index contributed by atoms with van der Waals surface area (Å²) in [7, 11) is 5.97. The Balaban J connectivity index is 4.34. The normalized spacial score (nSPS) is 12.8. The van der Waals surface area contributed by atoms with Crippen molar-refractivity contribution in [2.75, 3.05) is 47.5 Å². The van der Waals surface area contributed by atoms with Crippen molar-refractivity contribution in [2.24, 2.45) is 0 Å². The molecule has 9 nitrogen and oxygen atoms in total. The summed E-state index contributed by atoms with van der Waals surface area (Å²) in [6, 6.07) is 0. The van der Waals surface area contributed by atoms with E-state index < -0.39 is 18.4 Å². The van der Waals surface area contributed by atoms with Crippen LogP contribution in [-0.2, 0) is 33.3 Å². The lowest BCUT2D eigenvalue weighted by molar-refractivity contribution is -0.870. The number of esters is 2. The maximum atomic E-state index is 12.8. The smallest absolute Gasteiger partial charge is 0.361 e. The van der Waals surface area contributed by atoms with Crippen molar-refractivity contribution in [3.8, 4) is 0 Å². The number of aliphatic carboxylic acids is 1. The van der Waals surface area contributed by atoms with Crippen LogP contribution in [0, 0.1) is 0 Å². The van der Waals surface area contributed by atoms with E-state index in [0.717, 1.165) is 38.5 Å². The third-order valence-corrected chi connectivity index (χ3v) is 10.9. The monoisotopic (exact) mass is 813 g/mol. The molecule has 0 rings (SSSR count). The van der Waals surface area contributed by atoms with Gasteiger partial charge in [0.1, 0.15) is 13.2 Å². The third kappa shape index (κ3) is 42.2. The molecule has 1 N–H and O–H groups in total. The second-order valence-corrected chi connectivity index (χ2v) is 17.8. The lowest BCUT2D eigenvalue weighted by atomic mass is 10.0. The minimum atomic E-state index is -1.50. The number of likely N-dealkylation sites (N-methyl/N-ethyl adjacent to an activating group) is 1. The molecule has 2 atom stereocenters. The van der Waals surface area contributed by atoms with E-state index in [1.807, 2.05) is 21.1 Å². The summed E-state index contributed by atoms with van der Waals surface area (Å²) >= 11 is 0. The average Bonchev–Trinajstić information content (AvgIpc) is 3.17. The van der Waals surface area contributed by atoms with Crippen molar-refractivity contribution >= 4 is 17.9 Å². The van der Waals surface area contributed by atoms with Crippen LogP contribution in [0.5, 0.6) is 0 Å². The number of hydrogen-bond acceptors (Lipinski definition) is 7. The molecule has 0 aromatic heterocycles. The van der Waals surface area contributed by atoms with Gasteiger partial charge in [-0.05, 0) is 12.8 Å². The standard InChI is InChI=1S/C48H93NO8/c1-6-8-10-12-14-16-18-20-22-24-26-28-30-32-34-36-38-45(50)55-42-44(43-56-48(47(52)53)54-41-40-49(3,4)5)57-46(51)39-37-35-33-31-29-27-25-23-21-19-17-15-13-11-9-7-2/h44,48H,6-43H2,1-5H3/p+1. The first-order valence-electron chi connectivity index (χ1n) is 24.2. The van der Waals surface area contributed by atoms with Crippen molar-refractivity contribution < 1.29 is 42.9 Å². The summed E-state index contributed by atoms with van der Waals surface area (Å²) in [6.45, 7) is 4.92. The Hall–Kier alpha value is -1.71. The van der Waals surface area contributed by atoms with Crippen LogP contribution < -0.4 is 0 Å². The highest BCUT2D eigenvalue weighted by Gasteiger charge is 2.25. The third-order valence-electron chi connectivity index (χ3n) is 10.9. The molecule has 338 valence electrons. The van der Waals surface area contributed by atoms with E-state index in [1.165, 1.54) is 167 Å². The number of quaternary nitrogens is 1. The summed E-state index contributed by atoms with van der Waals surface area (Å²) in [5.41, 5.74) is 0. The first-order chi connectivity index (χ1) is 27.6. The zero-order valence-electron chi connectivity index (χ0n) is 38.3. The van der Waals surface area contributed by atoms with Crippen molar-refractivity contribution in [3.05, 3.63) is 0 Å². The molecule has 0 aliphatic heterocycles. The summed E-state index contributed by atoms with van der Waals surface area (Å²) < 4.78 is 22.8. The molecule has 0 saturated carbocycles. The van der Waals surface area contributed by atoms with E-state index in [9.17, 15) is 19.5 Å². The SMILES string of the molecule is CCCCCCCCCCCCCCCCCCC(=O)OCC(COC(OCC[N+](C)(C)C)C(=O)O)OC(=O)CCCCCCCCCCCCCCCCCC. The number of ether oxygens (including phenoxy) is 4. The van der Waals surface area contributed by atoms with Gasteiger partial charge < -0.3 is 28.5 Å². The summed E-state index contributed by atoms with van der Waals surface area (Å²) in [6.07, 6.45) is 38.7. The van der Waals surface area contributed by atoms with Crippen LogP contribution in [0.25, 0.3) is 0 Å². The Labute approximate surface area is 352 Å². The number of rotatable bonds is 45. The molecule has 0 spiro atoms. The number of carboxylic acid groups (broad SMARTS) is 1. The maximum absolute atomic E-state index is 12.8. The van der Waals surface area contributed by atoms with E-state index in [-0.39, 0.29) is 38.2 Å². The van der Waals surface area contributed by atoms with Gasteiger partial charge in [-0.1, -0.05) is 206 Å². The predicted molar refractivity (Wildman–Crippen MR) is 235 cm³/mol. The molecule has 0 bridgehead atoms. The molecule has 57 heavy (non-hydrogen) atoms. The fourth-order valence-electron chi connectivity index (χ4n) is 7.07. The minimum absolute atomic E-state index is 0.173. The molecule has 0 aliphatic rings. The average molecular weight is 813 g/mol. The quantitative estimate of drug-likeness (QED) is 0.0280. The number of nitrogens with zero attached hydrogens (tertiary/aromatic N) is 1. The fraction of sp³-hybridized carbons (Fsp3) is 0.938. The van der Waals surface area contributed by atoms with Gasteiger partial charge in [-0.2, -0.15) is 0 Å². The van der Waals surface area contributed by atoms with Crippen LogP contribution >= 0.6 is 0 Å². The van der Waals surface area contributed by atoms with Gasteiger partial charge in [0.15, 0.2) is 6.10 Å². The number of carbonyl (C=O) groups is 3. The number of carbonyl (C=O) groups excluding carboxylic acids is 2. The van der Waals surface area contributed by atoms with Gasteiger partial charge >= 0.3 is 17.9 Å². The van der Waals surface area contributed by atoms with Crippen molar-refractivity contribution in [2.45, 2.75) is 245 Å². The molecule has 0 radical (unpaired) electrons. The summed E-state index contributed by atoms with van der Waals surface area (Å²) in [4.78, 5) is 37.2. The predicted octanol–water partition coefficient (Wildman–Crippen LogP) is 12.9. The zero-order chi connectivity index (χ0) is 42.1. The fourth-order valence-corrected chi connectivity index (χ4v) is 7.07. The molecule has 0 aromatic carbocycles. The Morgan fingerprint density at radius 1 is 0.456 bits per heavy atom. The van der Waals surface area contributed by atoms with Gasteiger partial charge in [0.05, 0.1) is 34.4 Å². The van der Waals surface area contributed by atoms with Gasteiger partial charge in [0.25, 0.3) is 6.29 Å². The Morgan fingerprint density at radius 3 is 1.12 bits per heavy atom. The topological polar surface area (TPSA) is 108 Å². The second-order valence-electron chi connectivity index (χ2n) is 17.8. The van der Waals surface area contributed by atoms with Crippen LogP contribution in [0.3, 0.4) is 0 Å². The highest BCUT2D eigenvalue weighted by molar-refractivity contribution is 5.71. The zero-order valence-corrected chi connectivity index (χ0v) is 38.3. The van der Waals surface area contributed by atoms with Crippen LogP contribution in [0.4, 0.5) is 0 Å². The van der Waals surface area contributed by atoms with E-state index in [1.54, 1.807) is 0 Å². The van der Waals surface area contributed by atoms with E-state index in [2.05, 4.69) is 13.8 Å². The van der Waals surface area contributed by atoms with Gasteiger partial charge in [0.2, 0.25) is 0 Å². The van der Waals surface area contributed by atoms with Gasteiger partial charge in [-0.15, -0.1) is 0 Å². The maximum Gasteiger partial charge on any atom is 0.361 e. The highest BCUT2D eigenvalue weighted by Crippen LogP contribution is 2.16. The second kappa shape index (κ2) is 41.0. The van der Waals surface area contributed by atoms with Gasteiger partial charge in [-0.25, -0.2) is 4.79 Å². The minimum Gasteiger partial charge on any atom is -0.477 e. The van der Waals surface area contributed by atoms with Gasteiger partial charge in [0, 0.05) is 12.8 Å². The number of carboxylic acids is 1. The van der Waals surface area contributed by atoms with E-state index in [4.69, 9.17) is 18.9 Å². The molecular weight excluding hydrogens is 719 g/mol. The molecule has 2 unspecified atom stereocenters. The largest absolute Gasteiger partial charge is 0.477 e. The first kappa shape index (κ1) is 55.3. The first-order valence-corrected chi connectivity index (χ1v) is 24.2. The molecule has 0 amide bonds. The molecule has 9 heteroatoms. The van der Waals surface area contributed by atoms with Crippen LogP contribution in [-0.4, -0.2) is 87.4 Å². The lowest BCUT2D eigenvalue weighted by Crippen LogP contribution is -2.40. The Kier molecular flexibility index (Phi) is 39.8. The van der Waals surface area contributed by atoms with E-state index in [0.29, 0.717) is 17.4 Å². The van der Waals surface area contributed by atoms with Crippen molar-refractivity contribution in [3.63, 3.8) is 0 Å². The van der Waals surface area contributed by atoms with Gasteiger partial charge in [-0.3, -0.25) is 9.59 Å². The number of hydrogen-bond donors (Lipinski definition) is 1. The molecular formula is C48H94NO8+. The van der Waals surface area contributed by atoms with E-state index >= 15 is 0 Å². The Bertz CT molecular complexity index is 907. The van der Waals surface area contributed by atoms with Crippen molar-refractivity contribution in [1.82, 2.24) is 0 Å². The van der Waals surface area contributed by atoms with Crippen LogP contribution in [0.1, 0.15) is 232 Å². The van der Waals surface area contributed by atoms with Crippen LogP contribution in [0.15, 0.2) is 0 Å². The molecule has 0 aromatic rings. The number of unbranched alkanes of at least 4 members (excludes halogenated alkanes) is 30. The molecule has 0 heterocycles. The molecule has 0 aliphatic carbocycles. The van der Waals surface area contributed by atoms with Crippen LogP contribution in [0.2, 0.25) is 0 Å². The molecule has 0 saturated heterocycles.